The second-order valence-electron chi connectivity index (χ2n) is 7.83. The SMILES string of the molecule is CC1(C)[C@@H]2CC[C@]1(C)[C@H](OC[C@H](O)CN(CCO)CCO)C2. The van der Waals surface area contributed by atoms with E-state index in [1.54, 1.807) is 0 Å². The van der Waals surface area contributed by atoms with E-state index in [0.29, 0.717) is 31.7 Å². The molecular formula is C17H33NO4. The van der Waals surface area contributed by atoms with Crippen LogP contribution in [0.1, 0.15) is 40.0 Å². The first kappa shape index (κ1) is 18.1. The van der Waals surface area contributed by atoms with Gasteiger partial charge in [0.2, 0.25) is 0 Å². The molecule has 0 radical (unpaired) electrons. The third kappa shape index (κ3) is 3.34. The molecule has 0 spiro atoms. The Balaban J connectivity index is 1.81. The Hall–Kier alpha value is -0.200. The third-order valence-electron chi connectivity index (χ3n) is 6.51. The van der Waals surface area contributed by atoms with Crippen LogP contribution < -0.4 is 0 Å². The van der Waals surface area contributed by atoms with Crippen LogP contribution >= 0.6 is 0 Å². The molecule has 0 aromatic carbocycles. The molecule has 0 aromatic rings. The second kappa shape index (κ2) is 7.14. The number of fused-ring (bicyclic) bond motifs is 2. The van der Waals surface area contributed by atoms with Crippen molar-refractivity contribution in [3.05, 3.63) is 0 Å². The predicted molar refractivity (Wildman–Crippen MR) is 85.6 cm³/mol. The summed E-state index contributed by atoms with van der Waals surface area (Å²) in [4.78, 5) is 1.86. The van der Waals surface area contributed by atoms with E-state index in [-0.39, 0.29) is 24.7 Å². The number of hydrogen-bond donors (Lipinski definition) is 3. The highest BCUT2D eigenvalue weighted by Crippen LogP contribution is 2.66. The first-order valence-corrected chi connectivity index (χ1v) is 8.59. The molecule has 0 unspecified atom stereocenters. The molecule has 22 heavy (non-hydrogen) atoms. The Kier molecular flexibility index (Phi) is 5.89. The van der Waals surface area contributed by atoms with Crippen LogP contribution in [-0.4, -0.2) is 71.9 Å². The predicted octanol–water partition coefficient (Wildman–Crippen LogP) is 0.865. The molecule has 5 heteroatoms. The molecule has 0 amide bonds. The topological polar surface area (TPSA) is 73.2 Å². The van der Waals surface area contributed by atoms with Gasteiger partial charge in [0.25, 0.3) is 0 Å². The lowest BCUT2D eigenvalue weighted by atomic mass is 9.70. The van der Waals surface area contributed by atoms with Crippen LogP contribution in [-0.2, 0) is 4.74 Å². The summed E-state index contributed by atoms with van der Waals surface area (Å²) in [6.07, 6.45) is 3.27. The summed E-state index contributed by atoms with van der Waals surface area (Å²) in [6, 6.07) is 0. The number of ether oxygens (including phenoxy) is 1. The fourth-order valence-corrected chi connectivity index (χ4v) is 4.54. The first-order valence-electron chi connectivity index (χ1n) is 8.59. The van der Waals surface area contributed by atoms with Crippen molar-refractivity contribution < 1.29 is 20.1 Å². The first-order chi connectivity index (χ1) is 10.3. The Labute approximate surface area is 134 Å². The molecule has 0 aromatic heterocycles. The molecule has 3 N–H and O–H groups in total. The van der Waals surface area contributed by atoms with E-state index in [0.717, 1.165) is 12.3 Å². The molecule has 4 atom stereocenters. The minimum Gasteiger partial charge on any atom is -0.395 e. The summed E-state index contributed by atoms with van der Waals surface area (Å²) in [7, 11) is 0. The zero-order valence-electron chi connectivity index (χ0n) is 14.3. The number of rotatable bonds is 9. The van der Waals surface area contributed by atoms with Gasteiger partial charge < -0.3 is 20.1 Å². The van der Waals surface area contributed by atoms with Gasteiger partial charge >= 0.3 is 0 Å². The van der Waals surface area contributed by atoms with Crippen molar-refractivity contribution in [1.82, 2.24) is 4.90 Å². The van der Waals surface area contributed by atoms with Crippen molar-refractivity contribution in [3.63, 3.8) is 0 Å². The fourth-order valence-electron chi connectivity index (χ4n) is 4.54. The molecule has 2 bridgehead atoms. The number of aliphatic hydroxyl groups is 3. The van der Waals surface area contributed by atoms with E-state index >= 15 is 0 Å². The van der Waals surface area contributed by atoms with Gasteiger partial charge in [0.05, 0.1) is 32.0 Å². The largest absolute Gasteiger partial charge is 0.395 e. The lowest BCUT2D eigenvalue weighted by Gasteiger charge is -2.39. The van der Waals surface area contributed by atoms with Crippen molar-refractivity contribution in [3.8, 4) is 0 Å². The maximum absolute atomic E-state index is 10.2. The van der Waals surface area contributed by atoms with Crippen molar-refractivity contribution in [2.75, 3.05) is 39.5 Å². The van der Waals surface area contributed by atoms with Crippen LogP contribution in [0.25, 0.3) is 0 Å². The Morgan fingerprint density at radius 1 is 1.18 bits per heavy atom. The van der Waals surface area contributed by atoms with Crippen molar-refractivity contribution in [2.24, 2.45) is 16.7 Å². The van der Waals surface area contributed by atoms with Crippen molar-refractivity contribution in [2.45, 2.75) is 52.2 Å². The van der Waals surface area contributed by atoms with Gasteiger partial charge in [0.15, 0.2) is 0 Å². The summed E-state index contributed by atoms with van der Waals surface area (Å²) >= 11 is 0. The standard InChI is InChI=1S/C17H33NO4/c1-16(2)13-4-5-17(16,3)15(10-13)22-12-14(21)11-18(6-8-19)7-9-20/h13-15,19-21H,4-12H2,1-3H3/t13-,14-,15-,17-/m1/s1. The van der Waals surface area contributed by atoms with Crippen molar-refractivity contribution >= 4 is 0 Å². The summed E-state index contributed by atoms with van der Waals surface area (Å²) in [5.41, 5.74) is 0.537. The van der Waals surface area contributed by atoms with E-state index in [1.807, 2.05) is 4.90 Å². The van der Waals surface area contributed by atoms with Gasteiger partial charge in [0, 0.05) is 19.6 Å². The smallest absolute Gasteiger partial charge is 0.0900 e. The highest BCUT2D eigenvalue weighted by atomic mass is 16.5. The van der Waals surface area contributed by atoms with Crippen LogP contribution in [0.15, 0.2) is 0 Å². The van der Waals surface area contributed by atoms with Gasteiger partial charge in [-0.1, -0.05) is 20.8 Å². The van der Waals surface area contributed by atoms with Gasteiger partial charge in [0.1, 0.15) is 0 Å². The minimum atomic E-state index is -0.580. The molecule has 2 aliphatic rings. The maximum Gasteiger partial charge on any atom is 0.0900 e. The molecule has 2 rings (SSSR count). The monoisotopic (exact) mass is 315 g/mol. The van der Waals surface area contributed by atoms with E-state index in [4.69, 9.17) is 14.9 Å². The summed E-state index contributed by atoms with van der Waals surface area (Å²) < 4.78 is 6.09. The molecule has 0 heterocycles. The number of nitrogens with zero attached hydrogens (tertiary/aromatic N) is 1. The quantitative estimate of drug-likeness (QED) is 0.589. The van der Waals surface area contributed by atoms with Gasteiger partial charge in [-0.15, -0.1) is 0 Å². The normalized spacial score (nSPS) is 34.5. The lowest BCUT2D eigenvalue weighted by Crippen LogP contribution is -2.41. The highest BCUT2D eigenvalue weighted by Gasteiger charge is 2.61. The molecule has 2 saturated carbocycles. The molecule has 5 nitrogen and oxygen atoms in total. The Morgan fingerprint density at radius 3 is 2.27 bits per heavy atom. The molecule has 2 aliphatic carbocycles. The molecule has 130 valence electrons. The lowest BCUT2D eigenvalue weighted by molar-refractivity contribution is -0.0800. The molecule has 0 aliphatic heterocycles. The van der Waals surface area contributed by atoms with Gasteiger partial charge in [-0.25, -0.2) is 0 Å². The van der Waals surface area contributed by atoms with E-state index in [9.17, 15) is 5.11 Å². The Morgan fingerprint density at radius 2 is 1.82 bits per heavy atom. The van der Waals surface area contributed by atoms with E-state index in [1.165, 1.54) is 12.8 Å². The molecular weight excluding hydrogens is 282 g/mol. The average molecular weight is 315 g/mol. The van der Waals surface area contributed by atoms with Gasteiger partial charge in [-0.05, 0) is 36.0 Å². The van der Waals surface area contributed by atoms with Crippen LogP contribution in [0.5, 0.6) is 0 Å². The fraction of sp³-hybridized carbons (Fsp3) is 1.00. The van der Waals surface area contributed by atoms with Crippen LogP contribution in [0.2, 0.25) is 0 Å². The summed E-state index contributed by atoms with van der Waals surface area (Å²) in [5, 5.41) is 28.2. The van der Waals surface area contributed by atoms with Crippen LogP contribution in [0, 0.1) is 16.7 Å². The Bertz CT molecular complexity index is 357. The number of aliphatic hydroxyl groups excluding tert-OH is 3. The number of hydrogen-bond acceptors (Lipinski definition) is 5. The average Bonchev–Trinajstić information content (AvgIpc) is 2.78. The van der Waals surface area contributed by atoms with Gasteiger partial charge in [-0.3, -0.25) is 4.90 Å². The van der Waals surface area contributed by atoms with E-state index in [2.05, 4.69) is 20.8 Å². The second-order valence-corrected chi connectivity index (χ2v) is 7.83. The summed E-state index contributed by atoms with van der Waals surface area (Å²) in [5.74, 6) is 0.736. The zero-order valence-corrected chi connectivity index (χ0v) is 14.3. The minimum absolute atomic E-state index is 0.0319. The van der Waals surface area contributed by atoms with E-state index < -0.39 is 6.10 Å². The van der Waals surface area contributed by atoms with Crippen LogP contribution in [0.3, 0.4) is 0 Å². The highest BCUT2D eigenvalue weighted by molar-refractivity contribution is 5.11. The molecule has 2 fully saturated rings. The van der Waals surface area contributed by atoms with Crippen molar-refractivity contribution in [1.29, 1.82) is 0 Å². The van der Waals surface area contributed by atoms with Crippen LogP contribution in [0.4, 0.5) is 0 Å². The third-order valence-corrected chi connectivity index (χ3v) is 6.51. The summed E-state index contributed by atoms with van der Waals surface area (Å²) in [6.45, 7) is 8.80. The zero-order chi connectivity index (χ0) is 16.4. The molecule has 0 saturated heterocycles. The van der Waals surface area contributed by atoms with Gasteiger partial charge in [-0.2, -0.15) is 0 Å². The maximum atomic E-state index is 10.2.